The van der Waals surface area contributed by atoms with Crippen LogP contribution in [-0.4, -0.2) is 110 Å². The molecule has 270 valence electrons. The van der Waals surface area contributed by atoms with Gasteiger partial charge in [0.05, 0.1) is 0 Å². The quantitative estimate of drug-likeness (QED) is 0.0282. The van der Waals surface area contributed by atoms with Gasteiger partial charge in [0.15, 0.2) is 5.08 Å². The summed E-state index contributed by atoms with van der Waals surface area (Å²) < 4.78 is 120. The van der Waals surface area contributed by atoms with Gasteiger partial charge in [0.25, 0.3) is 0 Å². The van der Waals surface area contributed by atoms with Crippen LogP contribution in [0.4, 0.5) is 29.5 Å². The first-order chi connectivity index (χ1) is 22.7. The molecule has 0 aliphatic rings. The SMILES string of the molecule is C/C(=C\CNc1nc(Cl)nc(NCCNS(=O)(=O)CS(=O)(=O)NCCNc2nc(Cl)nc(Nc3[c-]ccc(S(=O)(=O)[O-])c3)n2)n1)S(=O)(=O)[O-].[Na+].[Na+].[Na+]. The summed E-state index contributed by atoms with van der Waals surface area (Å²) in [5, 5.41) is 8.67. The maximum absolute atomic E-state index is 12.4. The molecule has 0 aliphatic carbocycles. The van der Waals surface area contributed by atoms with Gasteiger partial charge in [-0.15, -0.1) is 6.07 Å². The van der Waals surface area contributed by atoms with Gasteiger partial charge in [0.2, 0.25) is 54.4 Å². The van der Waals surface area contributed by atoms with Gasteiger partial charge >= 0.3 is 88.7 Å². The second-order valence-corrected chi connectivity index (χ2v) is 16.7. The molecule has 31 heteroatoms. The molecule has 0 saturated heterocycles. The first kappa shape index (κ1) is 51.4. The van der Waals surface area contributed by atoms with Crippen LogP contribution >= 0.6 is 23.2 Å². The van der Waals surface area contributed by atoms with Crippen molar-refractivity contribution in [3.63, 3.8) is 0 Å². The average Bonchev–Trinajstić information content (AvgIpc) is 2.96. The minimum Gasteiger partial charge on any atom is -0.746 e. The number of nitrogens with zero attached hydrogens (tertiary/aromatic N) is 6. The van der Waals surface area contributed by atoms with Crippen LogP contribution in [-0.2, 0) is 40.3 Å². The third-order valence-corrected chi connectivity index (χ3v) is 11.2. The molecule has 22 nitrogen and oxygen atoms in total. The number of anilines is 5. The number of halogens is 2. The van der Waals surface area contributed by atoms with E-state index in [4.69, 9.17) is 23.2 Å². The molecular weight excluding hydrogens is 848 g/mol. The molecule has 3 rings (SSSR count). The molecular formula is C21H25Cl2N12Na3O10S4. The summed E-state index contributed by atoms with van der Waals surface area (Å²) in [5.41, 5.74) is 0.0279. The zero-order valence-electron chi connectivity index (χ0n) is 27.7. The summed E-state index contributed by atoms with van der Waals surface area (Å²) in [5.74, 6) is -0.467. The monoisotopic (exact) mass is 872 g/mol. The second-order valence-electron chi connectivity index (χ2n) is 9.16. The van der Waals surface area contributed by atoms with E-state index in [2.05, 4.69) is 66.7 Å². The Morgan fingerprint density at radius 1 is 0.731 bits per heavy atom. The third-order valence-electron chi connectivity index (χ3n) is 5.34. The molecule has 0 atom stereocenters. The van der Waals surface area contributed by atoms with E-state index in [0.717, 1.165) is 25.1 Å². The van der Waals surface area contributed by atoms with Crippen LogP contribution in [0.1, 0.15) is 6.92 Å². The Morgan fingerprint density at radius 2 is 1.19 bits per heavy atom. The smallest absolute Gasteiger partial charge is 0.746 e. The van der Waals surface area contributed by atoms with Crippen LogP contribution in [0, 0.1) is 6.07 Å². The van der Waals surface area contributed by atoms with Crippen molar-refractivity contribution in [2.75, 3.05) is 59.1 Å². The molecule has 2 aromatic heterocycles. The number of rotatable bonds is 19. The Morgan fingerprint density at radius 3 is 1.67 bits per heavy atom. The molecule has 0 saturated carbocycles. The van der Waals surface area contributed by atoms with Gasteiger partial charge in [-0.3, -0.25) is 0 Å². The Kier molecular flexibility index (Phi) is 22.6. The number of nitrogens with one attached hydrogen (secondary N) is 6. The fourth-order valence-corrected chi connectivity index (χ4v) is 7.46. The zero-order valence-corrected chi connectivity index (χ0v) is 38.5. The van der Waals surface area contributed by atoms with Crippen molar-refractivity contribution in [3.05, 3.63) is 45.8 Å². The summed E-state index contributed by atoms with van der Waals surface area (Å²) in [6.45, 7) is 0.138. The number of allylic oxidation sites excluding steroid dienone is 1. The zero-order chi connectivity index (χ0) is 36.5. The van der Waals surface area contributed by atoms with E-state index in [1.165, 1.54) is 6.07 Å². The van der Waals surface area contributed by atoms with E-state index in [9.17, 15) is 42.8 Å². The van der Waals surface area contributed by atoms with Gasteiger partial charge in [0.1, 0.15) is 20.2 Å². The predicted octanol–water partition coefficient (Wildman–Crippen LogP) is -10.00. The van der Waals surface area contributed by atoms with Crippen molar-refractivity contribution in [1.29, 1.82) is 0 Å². The topological polar surface area (TPSA) is 332 Å². The van der Waals surface area contributed by atoms with E-state index >= 15 is 0 Å². The molecule has 6 N–H and O–H groups in total. The number of hydrogen-bond acceptors (Lipinski definition) is 20. The molecule has 52 heavy (non-hydrogen) atoms. The third kappa shape index (κ3) is 19.3. The number of sulfonamides is 2. The van der Waals surface area contributed by atoms with E-state index in [1.807, 2.05) is 0 Å². The molecule has 2 heterocycles. The molecule has 0 bridgehead atoms. The molecule has 0 amide bonds. The van der Waals surface area contributed by atoms with Gasteiger partial charge < -0.3 is 30.4 Å². The van der Waals surface area contributed by atoms with Crippen LogP contribution in [0.25, 0.3) is 0 Å². The molecule has 3 aromatic rings. The first-order valence-corrected chi connectivity index (χ1v) is 20.0. The van der Waals surface area contributed by atoms with Crippen LogP contribution in [0.2, 0.25) is 10.6 Å². The van der Waals surface area contributed by atoms with Gasteiger partial charge in [-0.2, -0.15) is 48.1 Å². The van der Waals surface area contributed by atoms with Crippen molar-refractivity contribution in [1.82, 2.24) is 39.3 Å². The summed E-state index contributed by atoms with van der Waals surface area (Å²) >= 11 is 11.7. The van der Waals surface area contributed by atoms with Crippen molar-refractivity contribution in [2.24, 2.45) is 0 Å². The average molecular weight is 874 g/mol. The fraction of sp³-hybridized carbons (Fsp3) is 0.333. The second kappa shape index (κ2) is 22.8. The molecule has 0 fully saturated rings. The standard InChI is InChI=1S/C21H27Cl2N12O10S4.3Na/c1-13(48(40,41)42)5-6-24-18-30-16(22)31-19(34-18)25-7-9-27-46(36,37)12-47(38,39)28-10-8-26-20-32-17(23)33-21(35-20)29-14-3-2-4-15(11-14)49(43,44)45;;;/h2,4-5,11,27-28H,6-10,12H2,1H3,(H,40,41,42)(H,43,44,45)(H2,24,25,30,31,34)(H2,26,29,32,33,35);;;/q-1;3*+1/p-2/b13-5+;;;. The van der Waals surface area contributed by atoms with Crippen LogP contribution < -0.4 is 119 Å². The first-order valence-electron chi connectivity index (χ1n) is 13.1. The Balaban J connectivity index is 0.00000867. The molecule has 0 unspecified atom stereocenters. The number of aromatic nitrogens is 6. The largest absolute Gasteiger partial charge is 1.00 e. The molecule has 0 spiro atoms. The maximum Gasteiger partial charge on any atom is 1.00 e. The number of benzene rings is 1. The van der Waals surface area contributed by atoms with E-state index in [-0.39, 0.29) is 161 Å². The predicted molar refractivity (Wildman–Crippen MR) is 174 cm³/mol. The Bertz CT molecular complexity index is 2140. The Labute approximate surface area is 375 Å². The van der Waals surface area contributed by atoms with Crippen LogP contribution in [0.5, 0.6) is 0 Å². The van der Waals surface area contributed by atoms with E-state index < -0.39 is 55.2 Å². The van der Waals surface area contributed by atoms with Gasteiger partial charge in [-0.1, -0.05) is 16.7 Å². The summed E-state index contributed by atoms with van der Waals surface area (Å²) in [4.78, 5) is 22.2. The Hall–Kier alpha value is -0.600. The molecule has 1 aromatic carbocycles. The van der Waals surface area contributed by atoms with Crippen molar-refractivity contribution in [3.8, 4) is 0 Å². The van der Waals surface area contributed by atoms with E-state index in [1.54, 1.807) is 0 Å². The summed E-state index contributed by atoms with van der Waals surface area (Å²) in [6.07, 6.45) is 1.10. The summed E-state index contributed by atoms with van der Waals surface area (Å²) in [6, 6.07) is 5.89. The van der Waals surface area contributed by atoms with Gasteiger partial charge in [-0.25, -0.2) is 43.1 Å². The van der Waals surface area contributed by atoms with Crippen LogP contribution in [0.3, 0.4) is 0 Å². The van der Waals surface area contributed by atoms with E-state index in [0.29, 0.717) is 0 Å². The normalized spacial score (nSPS) is 12.1. The summed E-state index contributed by atoms with van der Waals surface area (Å²) in [7, 11) is -18.0. The van der Waals surface area contributed by atoms with Gasteiger partial charge in [-0.05, 0) is 30.1 Å². The number of hydrogen-bond donors (Lipinski definition) is 6. The minimum absolute atomic E-state index is 0. The van der Waals surface area contributed by atoms with Crippen LogP contribution in [0.15, 0.2) is 34.1 Å². The van der Waals surface area contributed by atoms with Crippen molar-refractivity contribution in [2.45, 2.75) is 11.8 Å². The fourth-order valence-electron chi connectivity index (χ4n) is 3.22. The minimum atomic E-state index is -4.73. The van der Waals surface area contributed by atoms with Gasteiger partial charge in [0, 0.05) is 37.6 Å². The van der Waals surface area contributed by atoms with Crippen molar-refractivity contribution < 1.29 is 131 Å². The maximum atomic E-state index is 12.4. The van der Waals surface area contributed by atoms with Crippen molar-refractivity contribution >= 4 is 93.0 Å². The molecule has 0 aliphatic heterocycles. The molecule has 0 radical (unpaired) electrons.